The van der Waals surface area contributed by atoms with Crippen LogP contribution in [0.15, 0.2) is 46.4 Å². The van der Waals surface area contributed by atoms with Gasteiger partial charge in [-0.25, -0.2) is 0 Å². The summed E-state index contributed by atoms with van der Waals surface area (Å²) in [5, 5.41) is 1.67. The molecule has 0 radical (unpaired) electrons. The molecule has 2 rings (SSSR count). The van der Waals surface area contributed by atoms with Gasteiger partial charge in [0.2, 0.25) is 0 Å². The number of halogens is 4. The Bertz CT molecular complexity index is 580. The third kappa shape index (κ3) is 3.50. The normalized spacial score (nSPS) is 9.89. The smallest absolute Gasteiger partial charge is 0.112 e. The Hall–Kier alpha value is -1.02. The maximum atomic E-state index is 5.96. The van der Waals surface area contributed by atoms with Crippen LogP contribution in [0, 0.1) is 0 Å². The molecule has 2 aromatic rings. The Morgan fingerprint density at radius 1 is 0.632 bits per heavy atom. The van der Waals surface area contributed by atoms with E-state index in [0.29, 0.717) is 31.5 Å². The topological polar surface area (TPSA) is 24.7 Å². The zero-order chi connectivity index (χ0) is 13.8. The molecule has 19 heavy (non-hydrogen) atoms. The molecule has 0 aliphatic rings. The Balaban J connectivity index is 2.40. The first kappa shape index (κ1) is 14.4. The molecule has 0 N–H and O–H groups in total. The van der Waals surface area contributed by atoms with E-state index in [9.17, 15) is 0 Å². The molecule has 0 fully saturated rings. The lowest BCUT2D eigenvalue weighted by Gasteiger charge is -1.98. The van der Waals surface area contributed by atoms with E-state index in [-0.39, 0.29) is 0 Å². The minimum atomic E-state index is 0.401. The molecule has 0 atom stereocenters. The van der Waals surface area contributed by atoms with Gasteiger partial charge in [-0.1, -0.05) is 58.5 Å². The lowest BCUT2D eigenvalue weighted by Crippen LogP contribution is -1.72. The van der Waals surface area contributed by atoms with Gasteiger partial charge in [-0.2, -0.15) is 9.98 Å². The van der Waals surface area contributed by atoms with Crippen LogP contribution in [0.4, 0.5) is 11.4 Å². The Labute approximate surface area is 130 Å². The third-order valence-electron chi connectivity index (χ3n) is 2.20. The Morgan fingerprint density at radius 3 is 1.26 bits per heavy atom. The van der Waals surface area contributed by atoms with Gasteiger partial charge in [0.15, 0.2) is 0 Å². The highest BCUT2D eigenvalue weighted by Crippen LogP contribution is 2.34. The predicted molar refractivity (Wildman–Crippen MR) is 82.1 cm³/mol. The number of hydrogen-bond acceptors (Lipinski definition) is 2. The molecule has 0 bridgehead atoms. The van der Waals surface area contributed by atoms with Gasteiger partial charge in [-0.05, 0) is 24.3 Å². The van der Waals surface area contributed by atoms with Crippen LogP contribution in [0.5, 0.6) is 0 Å². The quantitative estimate of drug-likeness (QED) is 0.566. The number of nitrogens with zero attached hydrogens (tertiary/aromatic N) is 2. The summed E-state index contributed by atoms with van der Waals surface area (Å²) < 4.78 is 0. The summed E-state index contributed by atoms with van der Waals surface area (Å²) in [5.74, 6) is 0. The molecule has 2 nitrogen and oxygen atoms in total. The highest BCUT2D eigenvalue weighted by Gasteiger charge is 2.04. The molecule has 0 saturated carbocycles. The Morgan fingerprint density at radius 2 is 0.947 bits per heavy atom. The van der Waals surface area contributed by atoms with E-state index in [4.69, 9.17) is 46.4 Å². The van der Waals surface area contributed by atoms with Crippen molar-refractivity contribution in [3.05, 3.63) is 56.5 Å². The van der Waals surface area contributed by atoms with E-state index in [1.54, 1.807) is 36.4 Å². The first-order valence-electron chi connectivity index (χ1n) is 5.14. The van der Waals surface area contributed by atoms with Crippen molar-refractivity contribution in [1.29, 1.82) is 0 Å². The maximum absolute atomic E-state index is 5.96. The van der Waals surface area contributed by atoms with Crippen molar-refractivity contribution >= 4 is 63.8 Å². The second kappa shape index (κ2) is 6.42. The predicted octanol–water partition coefficient (Wildman–Crippen LogP) is 6.44. The van der Waals surface area contributed by atoms with Crippen LogP contribution in [0.1, 0.15) is 0 Å². The number of aliphatic imine (C=N–C) groups is 2. The van der Waals surface area contributed by atoms with Crippen molar-refractivity contribution in [3.63, 3.8) is 0 Å². The number of rotatable bonds is 2. The van der Waals surface area contributed by atoms with E-state index >= 15 is 0 Å². The van der Waals surface area contributed by atoms with Gasteiger partial charge in [0.1, 0.15) is 17.4 Å². The molecule has 0 aliphatic carbocycles. The molecular weight excluding hydrogens is 326 g/mol. The molecule has 0 unspecified atom stereocenters. The van der Waals surface area contributed by atoms with Crippen molar-refractivity contribution in [2.75, 3.05) is 0 Å². The van der Waals surface area contributed by atoms with Crippen molar-refractivity contribution in [2.24, 2.45) is 9.98 Å². The van der Waals surface area contributed by atoms with E-state index < -0.39 is 0 Å². The van der Waals surface area contributed by atoms with Crippen LogP contribution in [-0.2, 0) is 0 Å². The largest absolute Gasteiger partial charge is 0.184 e. The SMILES string of the molecule is Clc1cccc(Cl)c1N=C=Nc1c(Cl)cccc1Cl. The van der Waals surface area contributed by atoms with Gasteiger partial charge in [0.25, 0.3) is 0 Å². The maximum Gasteiger partial charge on any atom is 0.112 e. The van der Waals surface area contributed by atoms with Crippen LogP contribution >= 0.6 is 46.4 Å². The third-order valence-corrected chi connectivity index (χ3v) is 3.42. The van der Waals surface area contributed by atoms with Gasteiger partial charge in [0.05, 0.1) is 20.1 Å². The van der Waals surface area contributed by atoms with Gasteiger partial charge >= 0.3 is 0 Å². The first-order chi connectivity index (χ1) is 9.09. The minimum Gasteiger partial charge on any atom is -0.184 e. The molecule has 0 saturated heterocycles. The fraction of sp³-hybridized carbons (Fsp3) is 0. The van der Waals surface area contributed by atoms with E-state index in [1.165, 1.54) is 0 Å². The van der Waals surface area contributed by atoms with Crippen molar-refractivity contribution in [1.82, 2.24) is 0 Å². The summed E-state index contributed by atoms with van der Waals surface area (Å²) in [6.45, 7) is 0. The molecule has 0 amide bonds. The molecule has 0 aliphatic heterocycles. The molecule has 0 aromatic heterocycles. The van der Waals surface area contributed by atoms with Gasteiger partial charge < -0.3 is 0 Å². The summed E-state index contributed by atoms with van der Waals surface area (Å²) in [7, 11) is 0. The molecule has 0 heterocycles. The van der Waals surface area contributed by atoms with Crippen LogP contribution < -0.4 is 0 Å². The van der Waals surface area contributed by atoms with E-state index in [0.717, 1.165) is 0 Å². The number of para-hydroxylation sites is 2. The molecule has 6 heteroatoms. The minimum absolute atomic E-state index is 0.401. The monoisotopic (exact) mass is 330 g/mol. The van der Waals surface area contributed by atoms with Gasteiger partial charge in [-0.3, -0.25) is 0 Å². The molecule has 0 spiro atoms. The molecular formula is C13H6Cl4N2. The van der Waals surface area contributed by atoms with Gasteiger partial charge in [0, 0.05) is 0 Å². The van der Waals surface area contributed by atoms with Crippen LogP contribution in [-0.4, -0.2) is 6.01 Å². The second-order valence-electron chi connectivity index (χ2n) is 3.46. The standard InChI is InChI=1S/C13H6Cl4N2/c14-8-3-1-4-9(15)12(8)18-7-19-13-10(16)5-2-6-11(13)17/h1-6H. The summed E-state index contributed by atoms with van der Waals surface area (Å²) in [6.07, 6.45) is 0. The average Bonchev–Trinajstić information content (AvgIpc) is 2.36. The zero-order valence-corrected chi connectivity index (χ0v) is 12.4. The molecule has 96 valence electrons. The highest BCUT2D eigenvalue weighted by molar-refractivity contribution is 6.39. The highest BCUT2D eigenvalue weighted by atomic mass is 35.5. The average molecular weight is 332 g/mol. The van der Waals surface area contributed by atoms with Crippen molar-refractivity contribution in [3.8, 4) is 0 Å². The fourth-order valence-electron chi connectivity index (χ4n) is 1.32. The van der Waals surface area contributed by atoms with Crippen LogP contribution in [0.3, 0.4) is 0 Å². The van der Waals surface area contributed by atoms with Crippen LogP contribution in [0.2, 0.25) is 20.1 Å². The van der Waals surface area contributed by atoms with Gasteiger partial charge in [-0.15, -0.1) is 0 Å². The second-order valence-corrected chi connectivity index (χ2v) is 5.09. The lowest BCUT2D eigenvalue weighted by molar-refractivity contribution is 1.49. The fourth-order valence-corrected chi connectivity index (χ4v) is 2.28. The van der Waals surface area contributed by atoms with Crippen LogP contribution in [0.25, 0.3) is 0 Å². The van der Waals surface area contributed by atoms with E-state index in [1.807, 2.05) is 0 Å². The molecule has 2 aromatic carbocycles. The lowest BCUT2D eigenvalue weighted by atomic mass is 10.3. The summed E-state index contributed by atoms with van der Waals surface area (Å²) in [4.78, 5) is 7.97. The van der Waals surface area contributed by atoms with E-state index in [2.05, 4.69) is 16.0 Å². The summed E-state index contributed by atoms with van der Waals surface area (Å²) in [6, 6.07) is 12.7. The zero-order valence-electron chi connectivity index (χ0n) is 9.37. The number of benzene rings is 2. The number of hydrogen-bond donors (Lipinski definition) is 0. The van der Waals surface area contributed by atoms with Crippen molar-refractivity contribution in [2.45, 2.75) is 0 Å². The summed E-state index contributed by atoms with van der Waals surface area (Å²) in [5.41, 5.74) is 0.801. The summed E-state index contributed by atoms with van der Waals surface area (Å²) >= 11 is 23.8. The first-order valence-corrected chi connectivity index (χ1v) is 6.65. The van der Waals surface area contributed by atoms with Crippen molar-refractivity contribution < 1.29 is 0 Å². The Kier molecular flexibility index (Phi) is 4.87.